The predicted molar refractivity (Wildman–Crippen MR) is 102 cm³/mol. The van der Waals surface area contributed by atoms with Crippen molar-refractivity contribution in [3.05, 3.63) is 42.0 Å². The van der Waals surface area contributed by atoms with Crippen LogP contribution in [0.25, 0.3) is 11.0 Å². The van der Waals surface area contributed by atoms with Gasteiger partial charge in [0.1, 0.15) is 0 Å². The highest BCUT2D eigenvalue weighted by atomic mass is 16.5. The van der Waals surface area contributed by atoms with E-state index in [9.17, 15) is 10.1 Å². The van der Waals surface area contributed by atoms with Gasteiger partial charge in [0, 0.05) is 0 Å². The topological polar surface area (TPSA) is 98.4 Å². The van der Waals surface area contributed by atoms with Crippen LogP contribution in [0.4, 0.5) is 5.95 Å². The summed E-state index contributed by atoms with van der Waals surface area (Å²) in [7, 11) is 4.57. The molecule has 1 N–H and O–H groups in total. The van der Waals surface area contributed by atoms with Crippen LogP contribution >= 0.6 is 0 Å². The number of aromatic nitrogens is 2. The lowest BCUT2D eigenvalue weighted by Crippen LogP contribution is -2.37. The number of rotatable bonds is 4. The second kappa shape index (κ2) is 6.78. The average Bonchev–Trinajstić information content (AvgIpc) is 3.09. The summed E-state index contributed by atoms with van der Waals surface area (Å²) in [6.45, 7) is 0. The number of nitrogens with one attached hydrogen (secondary N) is 1. The molecule has 28 heavy (non-hydrogen) atoms. The number of carbonyl (C=O) groups is 1. The molecule has 1 aliphatic rings. The van der Waals surface area contributed by atoms with Gasteiger partial charge in [-0.1, -0.05) is 12.1 Å². The van der Waals surface area contributed by atoms with Crippen LogP contribution in [0, 0.1) is 17.2 Å². The van der Waals surface area contributed by atoms with Gasteiger partial charge < -0.3 is 18.8 Å². The Kier molecular flexibility index (Phi) is 4.28. The van der Waals surface area contributed by atoms with E-state index in [1.54, 1.807) is 12.1 Å². The zero-order valence-corrected chi connectivity index (χ0v) is 15.6. The lowest BCUT2D eigenvalue weighted by molar-refractivity contribution is -0.119. The van der Waals surface area contributed by atoms with Crippen LogP contribution in [0.1, 0.15) is 11.6 Å². The fraction of sp³-hybridized carbons (Fsp3) is 0.250. The largest absolute Gasteiger partial charge is 0.493 e. The maximum Gasteiger partial charge on any atom is 0.246 e. The second-order valence-corrected chi connectivity index (χ2v) is 6.29. The zero-order valence-electron chi connectivity index (χ0n) is 15.6. The molecule has 0 saturated carbocycles. The highest BCUT2D eigenvalue weighted by Crippen LogP contribution is 2.44. The molecule has 0 spiro atoms. The van der Waals surface area contributed by atoms with Crippen LogP contribution in [-0.4, -0.2) is 36.8 Å². The van der Waals surface area contributed by atoms with Crippen LogP contribution in [-0.2, 0) is 4.79 Å². The molecule has 0 radical (unpaired) electrons. The Morgan fingerprint density at radius 2 is 1.79 bits per heavy atom. The summed E-state index contributed by atoms with van der Waals surface area (Å²) < 4.78 is 18.2. The van der Waals surface area contributed by atoms with E-state index in [0.717, 1.165) is 11.0 Å². The van der Waals surface area contributed by atoms with Crippen molar-refractivity contribution in [2.75, 3.05) is 26.6 Å². The summed E-state index contributed by atoms with van der Waals surface area (Å²) in [5.74, 6) is 0.391. The average molecular weight is 378 g/mol. The van der Waals surface area contributed by atoms with E-state index in [1.165, 1.54) is 21.3 Å². The number of amides is 1. The van der Waals surface area contributed by atoms with Crippen molar-refractivity contribution in [3.63, 3.8) is 0 Å². The first kappa shape index (κ1) is 17.7. The minimum absolute atomic E-state index is 0.399. The van der Waals surface area contributed by atoms with Crippen LogP contribution in [0.15, 0.2) is 36.4 Å². The molecule has 0 fully saturated rings. The van der Waals surface area contributed by atoms with E-state index < -0.39 is 17.9 Å². The number of nitriles is 1. The minimum atomic E-state index is -0.951. The molecule has 142 valence electrons. The molecule has 1 amide bonds. The van der Waals surface area contributed by atoms with E-state index in [2.05, 4.69) is 16.4 Å². The van der Waals surface area contributed by atoms with Gasteiger partial charge in [0.25, 0.3) is 0 Å². The number of imidazole rings is 1. The van der Waals surface area contributed by atoms with Crippen molar-refractivity contribution >= 4 is 22.9 Å². The first-order valence-electron chi connectivity index (χ1n) is 8.60. The standard InChI is InChI=1S/C20H18N4O4/c1-26-15-8-11(9-16(27-2)18(15)28-3)17-12(10-21)19(25)23-20-22-13-6-4-5-7-14(13)24(17)20/h4-9,12,17H,1-3H3,(H,22,23,25)/t12-,17+/m0/s1. The molecular formula is C20H18N4O4. The van der Waals surface area contributed by atoms with Crippen molar-refractivity contribution in [1.29, 1.82) is 5.26 Å². The Morgan fingerprint density at radius 1 is 1.11 bits per heavy atom. The first-order valence-corrected chi connectivity index (χ1v) is 8.60. The molecule has 8 heteroatoms. The monoisotopic (exact) mass is 378 g/mol. The van der Waals surface area contributed by atoms with Crippen LogP contribution in [0.3, 0.4) is 0 Å². The number of hydrogen-bond acceptors (Lipinski definition) is 6. The van der Waals surface area contributed by atoms with E-state index in [4.69, 9.17) is 14.2 Å². The molecular weight excluding hydrogens is 360 g/mol. The lowest BCUT2D eigenvalue weighted by atomic mass is 9.91. The van der Waals surface area contributed by atoms with Gasteiger partial charge >= 0.3 is 0 Å². The fourth-order valence-corrected chi connectivity index (χ4v) is 3.64. The third-order valence-corrected chi connectivity index (χ3v) is 4.87. The molecule has 0 saturated heterocycles. The van der Waals surface area contributed by atoms with Crippen molar-refractivity contribution in [1.82, 2.24) is 9.55 Å². The summed E-state index contributed by atoms with van der Waals surface area (Å²) in [4.78, 5) is 17.1. The predicted octanol–water partition coefficient (Wildman–Crippen LogP) is 2.74. The third-order valence-electron chi connectivity index (χ3n) is 4.87. The number of nitrogens with zero attached hydrogens (tertiary/aromatic N) is 3. The number of ether oxygens (including phenoxy) is 3. The zero-order chi connectivity index (χ0) is 19.8. The molecule has 0 unspecified atom stereocenters. The van der Waals surface area contributed by atoms with Gasteiger partial charge in [-0.2, -0.15) is 5.26 Å². The quantitative estimate of drug-likeness (QED) is 0.750. The molecule has 4 rings (SSSR count). The number of methoxy groups -OCH3 is 3. The van der Waals surface area contributed by atoms with Crippen molar-refractivity contribution < 1.29 is 19.0 Å². The summed E-state index contributed by atoms with van der Waals surface area (Å²) in [6.07, 6.45) is 0. The smallest absolute Gasteiger partial charge is 0.246 e. The number of benzene rings is 2. The summed E-state index contributed by atoms with van der Waals surface area (Å²) in [6, 6.07) is 12.6. The van der Waals surface area contributed by atoms with Gasteiger partial charge in [-0.15, -0.1) is 0 Å². The maximum absolute atomic E-state index is 12.6. The fourth-order valence-electron chi connectivity index (χ4n) is 3.64. The number of carbonyl (C=O) groups excluding carboxylic acids is 1. The Morgan fingerprint density at radius 3 is 2.39 bits per heavy atom. The molecule has 1 aromatic heterocycles. The first-order chi connectivity index (χ1) is 13.6. The molecule has 0 bridgehead atoms. The minimum Gasteiger partial charge on any atom is -0.493 e. The van der Waals surface area contributed by atoms with Crippen LogP contribution in [0.2, 0.25) is 0 Å². The number of hydrogen-bond donors (Lipinski definition) is 1. The third kappa shape index (κ3) is 2.52. The summed E-state index contributed by atoms with van der Waals surface area (Å²) >= 11 is 0. The molecule has 3 aromatic rings. The van der Waals surface area contributed by atoms with Gasteiger partial charge in [0.15, 0.2) is 17.4 Å². The van der Waals surface area contributed by atoms with Gasteiger partial charge in [0.2, 0.25) is 17.6 Å². The van der Waals surface area contributed by atoms with E-state index >= 15 is 0 Å². The van der Waals surface area contributed by atoms with E-state index in [0.29, 0.717) is 28.8 Å². The Labute approximate surface area is 161 Å². The molecule has 2 aromatic carbocycles. The van der Waals surface area contributed by atoms with E-state index in [1.807, 2.05) is 28.8 Å². The van der Waals surface area contributed by atoms with Gasteiger partial charge in [-0.05, 0) is 29.8 Å². The second-order valence-electron chi connectivity index (χ2n) is 6.29. The Hall–Kier alpha value is -3.73. The van der Waals surface area contributed by atoms with Gasteiger partial charge in [-0.3, -0.25) is 10.1 Å². The van der Waals surface area contributed by atoms with Crippen molar-refractivity contribution in [2.45, 2.75) is 6.04 Å². The van der Waals surface area contributed by atoms with Crippen LogP contribution < -0.4 is 19.5 Å². The molecule has 2 heterocycles. The maximum atomic E-state index is 12.6. The highest BCUT2D eigenvalue weighted by molar-refractivity contribution is 5.97. The van der Waals surface area contributed by atoms with Crippen molar-refractivity contribution in [2.24, 2.45) is 5.92 Å². The number of anilines is 1. The van der Waals surface area contributed by atoms with Crippen LogP contribution in [0.5, 0.6) is 17.2 Å². The molecule has 0 aliphatic carbocycles. The Bertz CT molecular complexity index is 1090. The SMILES string of the molecule is COc1cc([C@@H]2[C@H](C#N)C(=O)Nc3nc4ccccc4n32)cc(OC)c1OC. The molecule has 1 aliphatic heterocycles. The molecule has 2 atom stereocenters. The molecule has 8 nitrogen and oxygen atoms in total. The normalized spacial score (nSPS) is 18.1. The summed E-state index contributed by atoms with van der Waals surface area (Å²) in [5, 5.41) is 12.5. The summed E-state index contributed by atoms with van der Waals surface area (Å²) in [5.41, 5.74) is 2.23. The highest BCUT2D eigenvalue weighted by Gasteiger charge is 2.39. The van der Waals surface area contributed by atoms with Crippen molar-refractivity contribution in [3.8, 4) is 23.3 Å². The number of fused-ring (bicyclic) bond motifs is 3. The Balaban J connectivity index is 2.01. The lowest BCUT2D eigenvalue weighted by Gasteiger charge is -2.30. The number of para-hydroxylation sites is 2. The van der Waals surface area contributed by atoms with Gasteiger partial charge in [-0.25, -0.2) is 4.98 Å². The van der Waals surface area contributed by atoms with E-state index in [-0.39, 0.29) is 0 Å². The van der Waals surface area contributed by atoms with Gasteiger partial charge in [0.05, 0.1) is 44.5 Å².